The van der Waals surface area contributed by atoms with Crippen LogP contribution in [0.3, 0.4) is 0 Å². The van der Waals surface area contributed by atoms with Crippen LogP contribution in [0.15, 0.2) is 23.0 Å². The third-order valence-corrected chi connectivity index (χ3v) is 7.61. The van der Waals surface area contributed by atoms with Gasteiger partial charge in [0.1, 0.15) is 5.82 Å². The highest BCUT2D eigenvalue weighted by atomic mass is 19.1. The molecule has 2 fully saturated rings. The number of fused-ring (bicyclic) bond motifs is 1. The molecule has 3 aliphatic rings. The van der Waals surface area contributed by atoms with Crippen molar-refractivity contribution in [2.75, 3.05) is 26.2 Å². The van der Waals surface area contributed by atoms with Crippen molar-refractivity contribution in [2.24, 2.45) is 5.41 Å². The van der Waals surface area contributed by atoms with E-state index in [4.69, 9.17) is 0 Å². The smallest absolute Gasteiger partial charge is 0.290 e. The van der Waals surface area contributed by atoms with Gasteiger partial charge in [0, 0.05) is 43.6 Å². The standard InChI is InChI=1S/C26H29FN4O4/c1-26(8-9-26)22(32)25(35)31-12-10-30(11-13-31)24(34)19-14-16(6-7-20(19)27)15-21-17-4-2-3-5-18(17)23(33)29-28-21/h6-7,14H,2-5,8-13,15H2,1H3,(H,29,33). The summed E-state index contributed by atoms with van der Waals surface area (Å²) in [6.45, 7) is 2.80. The molecule has 1 aromatic heterocycles. The normalized spacial score (nSPS) is 18.7. The summed E-state index contributed by atoms with van der Waals surface area (Å²) in [6.07, 6.45) is 5.36. The zero-order chi connectivity index (χ0) is 24.7. The van der Waals surface area contributed by atoms with Crippen LogP contribution >= 0.6 is 0 Å². The van der Waals surface area contributed by atoms with Crippen LogP contribution in [0.25, 0.3) is 0 Å². The highest BCUT2D eigenvalue weighted by molar-refractivity contribution is 6.38. The average molecular weight is 481 g/mol. The number of nitrogens with zero attached hydrogens (tertiary/aromatic N) is 3. The zero-order valence-corrected chi connectivity index (χ0v) is 19.9. The second-order valence-electron chi connectivity index (χ2n) is 10.1. The van der Waals surface area contributed by atoms with Crippen LogP contribution in [0.2, 0.25) is 0 Å². The minimum atomic E-state index is -0.606. The molecule has 9 heteroatoms. The predicted octanol–water partition coefficient (Wildman–Crippen LogP) is 2.03. The summed E-state index contributed by atoms with van der Waals surface area (Å²) in [5, 5.41) is 6.81. The van der Waals surface area contributed by atoms with Gasteiger partial charge in [-0.1, -0.05) is 13.0 Å². The molecule has 35 heavy (non-hydrogen) atoms. The van der Waals surface area contributed by atoms with E-state index in [0.717, 1.165) is 60.9 Å². The lowest BCUT2D eigenvalue weighted by Gasteiger charge is -2.35. The Bertz CT molecular complexity index is 1260. The van der Waals surface area contributed by atoms with Gasteiger partial charge in [0.25, 0.3) is 17.4 Å². The number of H-pyrrole nitrogens is 1. The average Bonchev–Trinajstić information content (AvgIpc) is 3.64. The highest BCUT2D eigenvalue weighted by Gasteiger charge is 2.49. The van der Waals surface area contributed by atoms with Crippen LogP contribution in [-0.4, -0.2) is 63.8 Å². The van der Waals surface area contributed by atoms with E-state index in [-0.39, 0.29) is 43.1 Å². The monoisotopic (exact) mass is 480 g/mol. The number of hydrogen-bond donors (Lipinski definition) is 1. The molecule has 2 amide bonds. The first-order valence-corrected chi connectivity index (χ1v) is 12.3. The van der Waals surface area contributed by atoms with Crippen LogP contribution in [-0.2, 0) is 28.9 Å². The Morgan fingerprint density at radius 1 is 1.03 bits per heavy atom. The lowest BCUT2D eigenvalue weighted by atomic mass is 9.90. The van der Waals surface area contributed by atoms with Gasteiger partial charge in [-0.15, -0.1) is 0 Å². The number of nitrogens with one attached hydrogen (secondary N) is 1. The van der Waals surface area contributed by atoms with Crippen molar-refractivity contribution < 1.29 is 18.8 Å². The van der Waals surface area contributed by atoms with Crippen LogP contribution in [0, 0.1) is 11.2 Å². The molecule has 0 unspecified atom stereocenters. The van der Waals surface area contributed by atoms with Gasteiger partial charge in [-0.3, -0.25) is 19.2 Å². The Balaban J connectivity index is 1.28. The summed E-state index contributed by atoms with van der Waals surface area (Å²) >= 11 is 0. The van der Waals surface area contributed by atoms with Crippen molar-refractivity contribution in [1.82, 2.24) is 20.0 Å². The Kier molecular flexibility index (Phi) is 6.02. The first kappa shape index (κ1) is 23.4. The second kappa shape index (κ2) is 9.02. The van der Waals surface area contributed by atoms with E-state index in [1.165, 1.54) is 15.9 Å². The van der Waals surface area contributed by atoms with E-state index in [2.05, 4.69) is 10.2 Å². The van der Waals surface area contributed by atoms with Crippen LogP contribution in [0.5, 0.6) is 0 Å². The predicted molar refractivity (Wildman–Crippen MR) is 126 cm³/mol. The maximum absolute atomic E-state index is 14.7. The number of amides is 2. The topological polar surface area (TPSA) is 103 Å². The number of hydrogen-bond acceptors (Lipinski definition) is 5. The van der Waals surface area contributed by atoms with Crippen LogP contribution in [0.4, 0.5) is 4.39 Å². The number of carbonyl (C=O) groups is 3. The molecule has 2 aliphatic carbocycles. The van der Waals surface area contributed by atoms with E-state index in [1.807, 2.05) is 0 Å². The van der Waals surface area contributed by atoms with Crippen LogP contribution < -0.4 is 5.56 Å². The van der Waals surface area contributed by atoms with Gasteiger partial charge in [0.05, 0.1) is 11.3 Å². The quantitative estimate of drug-likeness (QED) is 0.660. The van der Waals surface area contributed by atoms with Gasteiger partial charge in [0.2, 0.25) is 5.78 Å². The van der Waals surface area contributed by atoms with E-state index in [9.17, 15) is 23.6 Å². The van der Waals surface area contributed by atoms with Gasteiger partial charge >= 0.3 is 0 Å². The SMILES string of the molecule is CC1(C(=O)C(=O)N2CCN(C(=O)c3cc(Cc4n[nH]c(=O)c5c4CCCC5)ccc3F)CC2)CC1. The molecule has 1 aliphatic heterocycles. The fourth-order valence-corrected chi connectivity index (χ4v) is 5.01. The van der Waals surface area contributed by atoms with Crippen molar-refractivity contribution >= 4 is 17.6 Å². The number of Topliss-reactive ketones (excluding diaryl/α,β-unsaturated/α-hetero) is 1. The molecule has 2 aromatic rings. The second-order valence-corrected chi connectivity index (χ2v) is 10.1. The summed E-state index contributed by atoms with van der Waals surface area (Å²) in [5.41, 5.74) is 2.54. The summed E-state index contributed by atoms with van der Waals surface area (Å²) in [6, 6.07) is 4.47. The van der Waals surface area contributed by atoms with Crippen molar-refractivity contribution in [3.8, 4) is 0 Å². The van der Waals surface area contributed by atoms with Crippen molar-refractivity contribution in [2.45, 2.75) is 51.9 Å². The third-order valence-electron chi connectivity index (χ3n) is 7.61. The van der Waals surface area contributed by atoms with Gasteiger partial charge in [-0.25, -0.2) is 9.49 Å². The number of ketones is 1. The zero-order valence-electron chi connectivity index (χ0n) is 19.9. The van der Waals surface area contributed by atoms with Gasteiger partial charge in [-0.05, 0) is 61.8 Å². The molecular formula is C26H29FN4O4. The van der Waals surface area contributed by atoms with E-state index in [1.54, 1.807) is 19.1 Å². The molecule has 2 heterocycles. The Hall–Kier alpha value is -3.36. The molecule has 0 spiro atoms. The van der Waals surface area contributed by atoms with Crippen molar-refractivity contribution in [1.29, 1.82) is 0 Å². The first-order valence-electron chi connectivity index (χ1n) is 12.3. The fourth-order valence-electron chi connectivity index (χ4n) is 5.01. The number of carbonyl (C=O) groups excluding carboxylic acids is 3. The maximum Gasteiger partial charge on any atom is 0.290 e. The first-order chi connectivity index (χ1) is 16.8. The van der Waals surface area contributed by atoms with Gasteiger partial charge in [-0.2, -0.15) is 5.10 Å². The Morgan fingerprint density at radius 2 is 1.69 bits per heavy atom. The molecule has 5 rings (SSSR count). The molecule has 0 radical (unpaired) electrons. The van der Waals surface area contributed by atoms with Gasteiger partial charge < -0.3 is 9.80 Å². The number of aromatic nitrogens is 2. The summed E-state index contributed by atoms with van der Waals surface area (Å²) in [7, 11) is 0. The minimum Gasteiger partial charge on any atom is -0.335 e. The van der Waals surface area contributed by atoms with E-state index < -0.39 is 23.0 Å². The Morgan fingerprint density at radius 3 is 2.37 bits per heavy atom. The molecule has 1 saturated carbocycles. The van der Waals surface area contributed by atoms with Crippen molar-refractivity contribution in [3.05, 3.63) is 62.3 Å². The summed E-state index contributed by atoms with van der Waals surface area (Å²) in [4.78, 5) is 53.1. The van der Waals surface area contributed by atoms with Crippen molar-refractivity contribution in [3.63, 3.8) is 0 Å². The fraction of sp³-hybridized carbons (Fsp3) is 0.500. The summed E-state index contributed by atoms with van der Waals surface area (Å²) in [5.74, 6) is -1.88. The number of rotatable bonds is 5. The van der Waals surface area contributed by atoms with Gasteiger partial charge in [0.15, 0.2) is 0 Å². The molecule has 8 nitrogen and oxygen atoms in total. The number of aromatic amines is 1. The molecular weight excluding hydrogens is 451 g/mol. The maximum atomic E-state index is 14.7. The lowest BCUT2D eigenvalue weighted by molar-refractivity contribution is -0.148. The number of halogens is 1. The molecule has 184 valence electrons. The molecule has 0 bridgehead atoms. The lowest BCUT2D eigenvalue weighted by Crippen LogP contribution is -2.53. The summed E-state index contributed by atoms with van der Waals surface area (Å²) < 4.78 is 14.7. The molecule has 1 N–H and O–H groups in total. The Labute approximate surface area is 202 Å². The largest absolute Gasteiger partial charge is 0.335 e. The molecule has 1 aromatic carbocycles. The van der Waals surface area contributed by atoms with Crippen LogP contribution in [0.1, 0.15) is 65.3 Å². The third kappa shape index (κ3) is 4.51. The molecule has 0 atom stereocenters. The highest BCUT2D eigenvalue weighted by Crippen LogP contribution is 2.46. The van der Waals surface area contributed by atoms with E-state index >= 15 is 0 Å². The van der Waals surface area contributed by atoms with E-state index in [0.29, 0.717) is 6.42 Å². The number of piperazine rings is 1. The molecule has 1 saturated heterocycles. The minimum absolute atomic E-state index is 0.0258. The number of benzene rings is 1.